The number of hydrazine groups is 1. The number of rotatable bonds is 9. The van der Waals surface area contributed by atoms with Gasteiger partial charge >= 0.3 is 5.97 Å². The van der Waals surface area contributed by atoms with Crippen molar-refractivity contribution in [3.8, 4) is 11.5 Å². The Bertz CT molecular complexity index is 1040. The van der Waals surface area contributed by atoms with E-state index < -0.39 is 36.2 Å². The van der Waals surface area contributed by atoms with Crippen molar-refractivity contribution in [3.05, 3.63) is 54.1 Å². The molecule has 1 aliphatic rings. The SMILES string of the molecule is CCOc1ccccc1NC(=O)COC(=O)[C@@H]1CC(=O)N(NC(=O)c2ccccc2OC)C1. The van der Waals surface area contributed by atoms with E-state index in [0.717, 1.165) is 5.01 Å². The smallest absolute Gasteiger partial charge is 0.311 e. The van der Waals surface area contributed by atoms with Crippen molar-refractivity contribution in [3.63, 3.8) is 0 Å². The molecule has 0 bridgehead atoms. The van der Waals surface area contributed by atoms with Crippen molar-refractivity contribution in [2.45, 2.75) is 13.3 Å². The molecule has 1 saturated heterocycles. The van der Waals surface area contributed by atoms with E-state index in [4.69, 9.17) is 14.2 Å². The number of para-hydroxylation sites is 3. The molecule has 10 heteroatoms. The predicted octanol–water partition coefficient (Wildman–Crippen LogP) is 1.77. The second-order valence-electron chi connectivity index (χ2n) is 7.13. The number of nitrogens with zero attached hydrogens (tertiary/aromatic N) is 1. The molecule has 1 aliphatic heterocycles. The normalized spacial score (nSPS) is 15.0. The molecule has 0 aliphatic carbocycles. The third-order valence-electron chi connectivity index (χ3n) is 4.85. The van der Waals surface area contributed by atoms with Gasteiger partial charge in [0.25, 0.3) is 11.8 Å². The Balaban J connectivity index is 1.51. The van der Waals surface area contributed by atoms with E-state index in [-0.39, 0.29) is 18.5 Å². The Morgan fingerprint density at radius 1 is 1.06 bits per heavy atom. The minimum atomic E-state index is -0.807. The zero-order valence-corrected chi connectivity index (χ0v) is 18.3. The maximum atomic E-state index is 12.5. The van der Waals surface area contributed by atoms with E-state index in [9.17, 15) is 19.2 Å². The Morgan fingerprint density at radius 2 is 1.76 bits per heavy atom. The zero-order chi connectivity index (χ0) is 23.8. The van der Waals surface area contributed by atoms with Gasteiger partial charge in [0.1, 0.15) is 11.5 Å². The standard InChI is InChI=1S/C23H25N3O7/c1-3-32-19-11-7-5-9-17(19)24-20(27)14-33-23(30)15-12-21(28)26(13-15)25-22(29)16-8-4-6-10-18(16)31-2/h4-11,15H,3,12-14H2,1-2H3,(H,24,27)(H,25,29)/t15-/m1/s1. The molecule has 3 amide bonds. The van der Waals surface area contributed by atoms with Gasteiger partial charge in [-0.15, -0.1) is 0 Å². The van der Waals surface area contributed by atoms with E-state index in [2.05, 4.69) is 10.7 Å². The first-order valence-electron chi connectivity index (χ1n) is 10.4. The molecule has 3 rings (SSSR count). The molecule has 0 spiro atoms. The van der Waals surface area contributed by atoms with Crippen LogP contribution in [0.5, 0.6) is 11.5 Å². The van der Waals surface area contributed by atoms with Crippen LogP contribution in [0.1, 0.15) is 23.7 Å². The van der Waals surface area contributed by atoms with Crippen LogP contribution in [0.15, 0.2) is 48.5 Å². The summed E-state index contributed by atoms with van der Waals surface area (Å²) in [5.74, 6) is -2.17. The minimum absolute atomic E-state index is 0.0622. The molecule has 33 heavy (non-hydrogen) atoms. The van der Waals surface area contributed by atoms with Crippen molar-refractivity contribution < 1.29 is 33.4 Å². The molecular formula is C23H25N3O7. The lowest BCUT2D eigenvalue weighted by Gasteiger charge is -2.18. The topological polar surface area (TPSA) is 123 Å². The summed E-state index contributed by atoms with van der Waals surface area (Å²) in [5, 5.41) is 3.70. The number of carbonyl (C=O) groups is 4. The average Bonchev–Trinajstić information content (AvgIpc) is 3.19. The van der Waals surface area contributed by atoms with Crippen molar-refractivity contribution in [2.24, 2.45) is 5.92 Å². The number of methoxy groups -OCH3 is 1. The van der Waals surface area contributed by atoms with Crippen LogP contribution in [0, 0.1) is 5.92 Å². The second-order valence-corrected chi connectivity index (χ2v) is 7.13. The number of hydrogen-bond acceptors (Lipinski definition) is 7. The van der Waals surface area contributed by atoms with Gasteiger partial charge in [0, 0.05) is 6.42 Å². The van der Waals surface area contributed by atoms with Gasteiger partial charge in [0.05, 0.1) is 37.4 Å². The fourth-order valence-electron chi connectivity index (χ4n) is 3.28. The van der Waals surface area contributed by atoms with Gasteiger partial charge in [-0.3, -0.25) is 29.6 Å². The molecule has 174 valence electrons. The molecule has 1 heterocycles. The number of amides is 3. The van der Waals surface area contributed by atoms with Crippen LogP contribution in [0.2, 0.25) is 0 Å². The van der Waals surface area contributed by atoms with Crippen LogP contribution in [0.4, 0.5) is 5.69 Å². The second kappa shape index (κ2) is 11.0. The first-order valence-corrected chi connectivity index (χ1v) is 10.4. The van der Waals surface area contributed by atoms with E-state index in [1.165, 1.54) is 7.11 Å². The van der Waals surface area contributed by atoms with Gasteiger partial charge in [-0.05, 0) is 31.2 Å². The van der Waals surface area contributed by atoms with Crippen LogP contribution in [0.3, 0.4) is 0 Å². The molecule has 0 saturated carbocycles. The molecule has 2 aromatic carbocycles. The van der Waals surface area contributed by atoms with Crippen molar-refractivity contribution in [2.75, 3.05) is 32.2 Å². The molecule has 0 radical (unpaired) electrons. The van der Waals surface area contributed by atoms with Gasteiger partial charge < -0.3 is 19.5 Å². The van der Waals surface area contributed by atoms with Crippen molar-refractivity contribution in [1.82, 2.24) is 10.4 Å². The van der Waals surface area contributed by atoms with Crippen LogP contribution >= 0.6 is 0 Å². The highest BCUT2D eigenvalue weighted by molar-refractivity contribution is 5.99. The summed E-state index contributed by atoms with van der Waals surface area (Å²) in [6, 6.07) is 13.5. The number of esters is 1. The number of anilines is 1. The molecule has 2 N–H and O–H groups in total. The third-order valence-corrected chi connectivity index (χ3v) is 4.85. The largest absolute Gasteiger partial charge is 0.496 e. The summed E-state index contributed by atoms with van der Waals surface area (Å²) in [5.41, 5.74) is 3.20. The Kier molecular flexibility index (Phi) is 7.85. The molecular weight excluding hydrogens is 430 g/mol. The van der Waals surface area contributed by atoms with Gasteiger partial charge in [-0.2, -0.15) is 0 Å². The lowest BCUT2D eigenvalue weighted by molar-refractivity contribution is -0.151. The predicted molar refractivity (Wildman–Crippen MR) is 117 cm³/mol. The summed E-state index contributed by atoms with van der Waals surface area (Å²) in [4.78, 5) is 49.3. The summed E-state index contributed by atoms with van der Waals surface area (Å²) in [7, 11) is 1.44. The fraction of sp³-hybridized carbons (Fsp3) is 0.304. The highest BCUT2D eigenvalue weighted by Gasteiger charge is 2.37. The Hall–Kier alpha value is -4.08. The highest BCUT2D eigenvalue weighted by atomic mass is 16.5. The summed E-state index contributed by atoms with van der Waals surface area (Å²) >= 11 is 0. The zero-order valence-electron chi connectivity index (χ0n) is 18.3. The monoisotopic (exact) mass is 455 g/mol. The quantitative estimate of drug-likeness (QED) is 0.553. The van der Waals surface area contributed by atoms with Gasteiger partial charge in [0.2, 0.25) is 5.91 Å². The summed E-state index contributed by atoms with van der Waals surface area (Å²) < 4.78 is 15.7. The molecule has 0 unspecified atom stereocenters. The van der Waals surface area contributed by atoms with E-state index in [0.29, 0.717) is 23.8 Å². The van der Waals surface area contributed by atoms with E-state index >= 15 is 0 Å². The van der Waals surface area contributed by atoms with Gasteiger partial charge in [0.15, 0.2) is 6.61 Å². The lowest BCUT2D eigenvalue weighted by Crippen LogP contribution is -2.43. The Labute approximate surface area is 190 Å². The van der Waals surface area contributed by atoms with Crippen molar-refractivity contribution in [1.29, 1.82) is 0 Å². The summed E-state index contributed by atoms with van der Waals surface area (Å²) in [6.45, 7) is 1.68. The lowest BCUT2D eigenvalue weighted by atomic mass is 10.1. The maximum Gasteiger partial charge on any atom is 0.311 e. The average molecular weight is 455 g/mol. The van der Waals surface area contributed by atoms with Gasteiger partial charge in [-0.25, -0.2) is 0 Å². The minimum Gasteiger partial charge on any atom is -0.496 e. The first kappa shape index (κ1) is 23.6. The van der Waals surface area contributed by atoms with Gasteiger partial charge in [-0.1, -0.05) is 24.3 Å². The fourth-order valence-corrected chi connectivity index (χ4v) is 3.28. The molecule has 0 aromatic heterocycles. The molecule has 1 atom stereocenters. The summed E-state index contributed by atoms with van der Waals surface area (Å²) in [6.07, 6.45) is -0.139. The Morgan fingerprint density at radius 3 is 2.48 bits per heavy atom. The van der Waals surface area contributed by atoms with Crippen LogP contribution in [0.25, 0.3) is 0 Å². The molecule has 1 fully saturated rings. The number of benzene rings is 2. The van der Waals surface area contributed by atoms with E-state index in [1.807, 2.05) is 6.92 Å². The number of ether oxygens (including phenoxy) is 3. The van der Waals surface area contributed by atoms with Crippen LogP contribution in [-0.2, 0) is 19.1 Å². The first-order chi connectivity index (χ1) is 15.9. The molecule has 10 nitrogen and oxygen atoms in total. The maximum absolute atomic E-state index is 12.5. The van der Waals surface area contributed by atoms with Crippen LogP contribution in [-0.4, -0.2) is 55.6 Å². The number of nitrogens with one attached hydrogen (secondary N) is 2. The third kappa shape index (κ3) is 6.00. The van der Waals surface area contributed by atoms with Crippen LogP contribution < -0.4 is 20.2 Å². The number of carbonyl (C=O) groups excluding carboxylic acids is 4. The molecule has 2 aromatic rings. The highest BCUT2D eigenvalue weighted by Crippen LogP contribution is 2.24. The van der Waals surface area contributed by atoms with E-state index in [1.54, 1.807) is 48.5 Å². The number of hydrogen-bond donors (Lipinski definition) is 2. The van der Waals surface area contributed by atoms with Crippen molar-refractivity contribution >= 4 is 29.4 Å².